The topological polar surface area (TPSA) is 24.7 Å². The Morgan fingerprint density at radius 3 is 1.14 bits per heavy atom. The van der Waals surface area contributed by atoms with Crippen LogP contribution >= 0.6 is 0 Å². The van der Waals surface area contributed by atoms with Crippen LogP contribution in [-0.4, -0.2) is 11.9 Å². The minimum Gasteiger partial charge on any atom is -0.255 e. The number of aliphatic imine (C=N–C) groups is 2. The van der Waals surface area contributed by atoms with Crippen molar-refractivity contribution in [3.05, 3.63) is 57.6 Å². The standard InChI is InChI=1S/C48H80N2/c1-8-15-21-23-25-27-31-42-36-45(35-40(29-17-10-3)47(42)33-19-12-5)49-39-44(14-7)50-46-37-41(30-18-11-4)48(34-20-13-6)43(38-46)32-28-26-24-22-16-9-2/h35-39H,8-34H2,1-7H3. The van der Waals surface area contributed by atoms with Gasteiger partial charge in [0.1, 0.15) is 0 Å². The zero-order valence-electron chi connectivity index (χ0n) is 34.4. The van der Waals surface area contributed by atoms with Crippen molar-refractivity contribution < 1.29 is 0 Å². The molecular formula is C48H80N2. The van der Waals surface area contributed by atoms with Gasteiger partial charge in [-0.2, -0.15) is 0 Å². The molecule has 0 aliphatic carbocycles. The predicted octanol–water partition coefficient (Wildman–Crippen LogP) is 15.7. The maximum absolute atomic E-state index is 5.32. The van der Waals surface area contributed by atoms with E-state index in [1.165, 1.54) is 167 Å². The van der Waals surface area contributed by atoms with E-state index < -0.39 is 0 Å². The van der Waals surface area contributed by atoms with Gasteiger partial charge in [0.25, 0.3) is 0 Å². The summed E-state index contributed by atoms with van der Waals surface area (Å²) in [5.41, 5.74) is 12.9. The zero-order chi connectivity index (χ0) is 36.2. The summed E-state index contributed by atoms with van der Waals surface area (Å²) in [6.45, 7) is 16.1. The summed E-state index contributed by atoms with van der Waals surface area (Å²) in [5, 5.41) is 0. The van der Waals surface area contributed by atoms with Crippen LogP contribution in [0.4, 0.5) is 11.4 Å². The third-order valence-corrected chi connectivity index (χ3v) is 10.6. The fourth-order valence-corrected chi connectivity index (χ4v) is 7.38. The highest BCUT2D eigenvalue weighted by atomic mass is 14.8. The Balaban J connectivity index is 2.45. The molecule has 0 aliphatic heterocycles. The molecule has 0 saturated carbocycles. The summed E-state index contributed by atoms with van der Waals surface area (Å²) in [4.78, 5) is 10.5. The molecule has 282 valence electrons. The number of nitrogens with zero attached hydrogens (tertiary/aromatic N) is 2. The average molecular weight is 685 g/mol. The summed E-state index contributed by atoms with van der Waals surface area (Å²) in [7, 11) is 0. The first kappa shape index (κ1) is 43.9. The van der Waals surface area contributed by atoms with Crippen molar-refractivity contribution in [3.63, 3.8) is 0 Å². The molecule has 0 spiro atoms. The van der Waals surface area contributed by atoms with Crippen molar-refractivity contribution >= 4 is 23.3 Å². The molecule has 50 heavy (non-hydrogen) atoms. The van der Waals surface area contributed by atoms with Crippen molar-refractivity contribution in [2.24, 2.45) is 9.98 Å². The van der Waals surface area contributed by atoms with Crippen LogP contribution in [0.5, 0.6) is 0 Å². The third-order valence-electron chi connectivity index (χ3n) is 10.6. The Bertz CT molecular complexity index is 1220. The normalized spacial score (nSPS) is 12.1. The predicted molar refractivity (Wildman–Crippen MR) is 227 cm³/mol. The van der Waals surface area contributed by atoms with Gasteiger partial charge in [-0.05, 0) is 141 Å². The van der Waals surface area contributed by atoms with Crippen LogP contribution in [0.1, 0.15) is 217 Å². The fourth-order valence-electron chi connectivity index (χ4n) is 7.38. The summed E-state index contributed by atoms with van der Waals surface area (Å²) in [6.07, 6.45) is 36.3. The smallest absolute Gasteiger partial charge is 0.0639 e. The Hall–Kier alpha value is -2.22. The van der Waals surface area contributed by atoms with Gasteiger partial charge >= 0.3 is 0 Å². The number of hydrogen-bond acceptors (Lipinski definition) is 2. The average Bonchev–Trinajstić information content (AvgIpc) is 3.13. The molecule has 2 heteroatoms. The Morgan fingerprint density at radius 1 is 0.400 bits per heavy atom. The maximum atomic E-state index is 5.32. The van der Waals surface area contributed by atoms with Crippen LogP contribution in [0.3, 0.4) is 0 Å². The molecule has 0 N–H and O–H groups in total. The molecule has 0 aliphatic rings. The quantitative estimate of drug-likeness (QED) is 0.0578. The van der Waals surface area contributed by atoms with E-state index in [4.69, 9.17) is 9.98 Å². The van der Waals surface area contributed by atoms with Crippen LogP contribution in [0.2, 0.25) is 0 Å². The molecule has 0 bridgehead atoms. The largest absolute Gasteiger partial charge is 0.255 e. The first-order valence-corrected chi connectivity index (χ1v) is 22.0. The van der Waals surface area contributed by atoms with Gasteiger partial charge in [0, 0.05) is 6.21 Å². The molecule has 0 amide bonds. The minimum absolute atomic E-state index is 0.889. The van der Waals surface area contributed by atoms with Crippen LogP contribution < -0.4 is 0 Å². The van der Waals surface area contributed by atoms with Gasteiger partial charge < -0.3 is 0 Å². The summed E-state index contributed by atoms with van der Waals surface area (Å²) in [5.74, 6) is 0. The summed E-state index contributed by atoms with van der Waals surface area (Å²) >= 11 is 0. The van der Waals surface area contributed by atoms with E-state index in [9.17, 15) is 0 Å². The van der Waals surface area contributed by atoms with Crippen LogP contribution in [-0.2, 0) is 38.5 Å². The van der Waals surface area contributed by atoms with Crippen molar-refractivity contribution in [1.29, 1.82) is 0 Å². The Morgan fingerprint density at radius 2 is 0.740 bits per heavy atom. The number of aryl methyl sites for hydroxylation is 4. The van der Waals surface area contributed by atoms with Crippen LogP contribution in [0, 0.1) is 0 Å². The SMILES string of the molecule is CCCCCCCCc1cc(N=CC(CC)=Nc2cc(CCCC)c(CCCC)c(CCCCCCCC)c2)cc(CCCC)c1CCCC. The second kappa shape index (κ2) is 28.4. The highest BCUT2D eigenvalue weighted by Crippen LogP contribution is 2.30. The molecular weight excluding hydrogens is 605 g/mol. The maximum Gasteiger partial charge on any atom is 0.0639 e. The molecule has 0 radical (unpaired) electrons. The van der Waals surface area contributed by atoms with E-state index in [0.29, 0.717) is 0 Å². The van der Waals surface area contributed by atoms with Gasteiger partial charge in [-0.3, -0.25) is 9.98 Å². The molecule has 0 aromatic heterocycles. The Labute approximate surface area is 311 Å². The van der Waals surface area contributed by atoms with Crippen molar-refractivity contribution in [2.45, 2.75) is 222 Å². The second-order valence-electron chi connectivity index (χ2n) is 15.1. The van der Waals surface area contributed by atoms with E-state index in [1.807, 2.05) is 0 Å². The van der Waals surface area contributed by atoms with Gasteiger partial charge in [-0.25, -0.2) is 0 Å². The molecule has 0 atom stereocenters. The van der Waals surface area contributed by atoms with Gasteiger partial charge in [0.15, 0.2) is 0 Å². The number of hydrogen-bond donors (Lipinski definition) is 0. The highest BCUT2D eigenvalue weighted by molar-refractivity contribution is 6.31. The second-order valence-corrected chi connectivity index (χ2v) is 15.1. The van der Waals surface area contributed by atoms with Crippen molar-refractivity contribution in [1.82, 2.24) is 0 Å². The number of rotatable bonds is 30. The Kier molecular flexibility index (Phi) is 24.9. The van der Waals surface area contributed by atoms with Crippen molar-refractivity contribution in [2.75, 3.05) is 0 Å². The monoisotopic (exact) mass is 685 g/mol. The van der Waals surface area contributed by atoms with E-state index in [1.54, 1.807) is 33.4 Å². The zero-order valence-corrected chi connectivity index (χ0v) is 34.4. The molecule has 0 fully saturated rings. The van der Waals surface area contributed by atoms with Gasteiger partial charge in [0.05, 0.1) is 17.1 Å². The summed E-state index contributed by atoms with van der Waals surface area (Å²) < 4.78 is 0. The van der Waals surface area contributed by atoms with E-state index in [0.717, 1.165) is 23.5 Å². The highest BCUT2D eigenvalue weighted by Gasteiger charge is 2.13. The third kappa shape index (κ3) is 17.3. The lowest BCUT2D eigenvalue weighted by Crippen LogP contribution is -2.04. The van der Waals surface area contributed by atoms with Gasteiger partial charge in [-0.15, -0.1) is 0 Å². The first-order valence-electron chi connectivity index (χ1n) is 22.0. The van der Waals surface area contributed by atoms with E-state index in [2.05, 4.69) is 78.9 Å². The van der Waals surface area contributed by atoms with Crippen molar-refractivity contribution in [3.8, 4) is 0 Å². The summed E-state index contributed by atoms with van der Waals surface area (Å²) in [6, 6.07) is 9.72. The van der Waals surface area contributed by atoms with E-state index in [-0.39, 0.29) is 0 Å². The van der Waals surface area contributed by atoms with E-state index >= 15 is 0 Å². The molecule has 2 nitrogen and oxygen atoms in total. The molecule has 2 rings (SSSR count). The lowest BCUT2D eigenvalue weighted by molar-refractivity contribution is 0.605. The fraction of sp³-hybridized carbons (Fsp3) is 0.708. The molecule has 2 aromatic rings. The number of benzene rings is 2. The first-order chi connectivity index (χ1) is 24.5. The molecule has 0 unspecified atom stereocenters. The van der Waals surface area contributed by atoms with Crippen LogP contribution in [0.15, 0.2) is 34.3 Å². The molecule has 0 saturated heterocycles. The lowest BCUT2D eigenvalue weighted by atomic mass is 9.90. The minimum atomic E-state index is 0.889. The van der Waals surface area contributed by atoms with Crippen LogP contribution in [0.25, 0.3) is 0 Å². The molecule has 2 aromatic carbocycles. The lowest BCUT2D eigenvalue weighted by Gasteiger charge is -2.17. The molecule has 0 heterocycles. The van der Waals surface area contributed by atoms with Gasteiger partial charge in [0.2, 0.25) is 0 Å². The number of unbranched alkanes of at least 4 members (excludes halogenated alkanes) is 14. The van der Waals surface area contributed by atoms with Gasteiger partial charge in [-0.1, -0.05) is 138 Å².